The quantitative estimate of drug-likeness (QED) is 0.475. The van der Waals surface area contributed by atoms with E-state index in [0.717, 1.165) is 6.07 Å². The van der Waals surface area contributed by atoms with Gasteiger partial charge in [-0.1, -0.05) is 0 Å². The highest BCUT2D eigenvalue weighted by Gasteiger charge is 2.25. The second-order valence-electron chi connectivity index (χ2n) is 2.40. The Balaban J connectivity index is 3.47. The van der Waals surface area contributed by atoms with Crippen molar-refractivity contribution < 1.29 is 13.7 Å². The molecule has 0 aliphatic carbocycles. The average molecular weight is 325 g/mol. The largest absolute Gasteiger partial charge is 0.365 e. The highest BCUT2D eigenvalue weighted by atomic mass is 127. The summed E-state index contributed by atoms with van der Waals surface area (Å²) in [5, 5.41) is 18.9. The SMILES string of the molecule is N#Cc1cc([N+](=O)[O-])nc(C(F)F)c1I. The molecule has 0 aliphatic rings. The molecule has 1 aromatic rings. The Morgan fingerprint density at radius 2 is 2.27 bits per heavy atom. The molecule has 0 unspecified atom stereocenters. The predicted molar refractivity (Wildman–Crippen MR) is 53.3 cm³/mol. The summed E-state index contributed by atoms with van der Waals surface area (Å²) in [5.74, 6) is -0.748. The number of hydrogen-bond acceptors (Lipinski definition) is 4. The Morgan fingerprint density at radius 3 is 2.67 bits per heavy atom. The van der Waals surface area contributed by atoms with Gasteiger partial charge in [0, 0.05) is 0 Å². The van der Waals surface area contributed by atoms with Gasteiger partial charge in [0.2, 0.25) is 5.69 Å². The van der Waals surface area contributed by atoms with E-state index in [1.54, 1.807) is 6.07 Å². The minimum atomic E-state index is -2.94. The lowest BCUT2D eigenvalue weighted by atomic mass is 10.2. The molecule has 0 aliphatic heterocycles. The van der Waals surface area contributed by atoms with Gasteiger partial charge in [0.05, 0.1) is 15.2 Å². The summed E-state index contributed by atoms with van der Waals surface area (Å²) >= 11 is 1.51. The van der Waals surface area contributed by atoms with Crippen LogP contribution in [0.2, 0.25) is 0 Å². The summed E-state index contributed by atoms with van der Waals surface area (Å²) in [7, 11) is 0. The van der Waals surface area contributed by atoms with Gasteiger partial charge in [-0.2, -0.15) is 5.26 Å². The normalized spacial score (nSPS) is 10.1. The van der Waals surface area contributed by atoms with Crippen LogP contribution in [0.5, 0.6) is 0 Å². The molecular weight excluding hydrogens is 323 g/mol. The van der Waals surface area contributed by atoms with Gasteiger partial charge >= 0.3 is 12.2 Å². The van der Waals surface area contributed by atoms with Crippen LogP contribution >= 0.6 is 22.6 Å². The van der Waals surface area contributed by atoms with Gasteiger partial charge in [0.25, 0.3) is 0 Å². The molecule has 0 N–H and O–H groups in total. The van der Waals surface area contributed by atoms with Gasteiger partial charge in [-0.15, -0.1) is 0 Å². The Hall–Kier alpha value is -1.37. The van der Waals surface area contributed by atoms with Crippen LogP contribution in [0.15, 0.2) is 6.07 Å². The van der Waals surface area contributed by atoms with Crippen LogP contribution in [0, 0.1) is 25.0 Å². The molecule has 0 spiro atoms. The number of nitriles is 1. The molecule has 0 fully saturated rings. The number of nitro groups is 1. The van der Waals surface area contributed by atoms with Crippen LogP contribution in [0.1, 0.15) is 17.7 Å². The number of nitrogens with zero attached hydrogens (tertiary/aromatic N) is 3. The minimum Gasteiger partial charge on any atom is -0.358 e. The number of alkyl halides is 2. The zero-order valence-corrected chi connectivity index (χ0v) is 9.10. The molecular formula is C7H2F2IN3O2. The van der Waals surface area contributed by atoms with Crippen molar-refractivity contribution in [2.24, 2.45) is 0 Å². The first-order chi connectivity index (χ1) is 6.97. The van der Waals surface area contributed by atoms with Gasteiger partial charge in [-0.3, -0.25) is 0 Å². The molecule has 5 nitrogen and oxygen atoms in total. The third-order valence-corrected chi connectivity index (χ3v) is 2.62. The van der Waals surface area contributed by atoms with Crippen molar-refractivity contribution in [1.82, 2.24) is 4.98 Å². The zero-order valence-electron chi connectivity index (χ0n) is 6.95. The number of halogens is 3. The lowest BCUT2D eigenvalue weighted by molar-refractivity contribution is -0.389. The monoisotopic (exact) mass is 325 g/mol. The molecule has 1 heterocycles. The second kappa shape index (κ2) is 4.43. The van der Waals surface area contributed by atoms with Crippen LogP contribution in [-0.2, 0) is 0 Å². The van der Waals surface area contributed by atoms with Crippen molar-refractivity contribution in [2.45, 2.75) is 6.43 Å². The Bertz CT molecular complexity index is 458. The van der Waals surface area contributed by atoms with Crippen LogP contribution in [0.4, 0.5) is 14.6 Å². The van der Waals surface area contributed by atoms with E-state index in [9.17, 15) is 18.9 Å². The summed E-state index contributed by atoms with van der Waals surface area (Å²) in [6.45, 7) is 0. The summed E-state index contributed by atoms with van der Waals surface area (Å²) in [5.41, 5.74) is -0.908. The third-order valence-electron chi connectivity index (χ3n) is 1.48. The number of rotatable bonds is 2. The topological polar surface area (TPSA) is 79.8 Å². The fraction of sp³-hybridized carbons (Fsp3) is 0.143. The van der Waals surface area contributed by atoms with Crippen molar-refractivity contribution in [3.05, 3.63) is 31.0 Å². The maximum atomic E-state index is 12.4. The smallest absolute Gasteiger partial charge is 0.358 e. The van der Waals surface area contributed by atoms with Crippen LogP contribution in [0.3, 0.4) is 0 Å². The molecule has 15 heavy (non-hydrogen) atoms. The van der Waals surface area contributed by atoms with E-state index in [2.05, 4.69) is 4.98 Å². The molecule has 0 amide bonds. The van der Waals surface area contributed by atoms with Crippen molar-refractivity contribution in [3.63, 3.8) is 0 Å². The Kier molecular flexibility index (Phi) is 3.46. The lowest BCUT2D eigenvalue weighted by Gasteiger charge is -2.00. The van der Waals surface area contributed by atoms with E-state index in [1.807, 2.05) is 0 Å². The fourth-order valence-corrected chi connectivity index (χ4v) is 1.49. The van der Waals surface area contributed by atoms with Crippen molar-refractivity contribution in [1.29, 1.82) is 5.26 Å². The zero-order chi connectivity index (χ0) is 11.6. The van der Waals surface area contributed by atoms with Crippen molar-refractivity contribution in [3.8, 4) is 6.07 Å². The second-order valence-corrected chi connectivity index (χ2v) is 3.48. The highest BCUT2D eigenvalue weighted by Crippen LogP contribution is 2.27. The van der Waals surface area contributed by atoms with E-state index in [1.165, 1.54) is 22.6 Å². The molecule has 8 heteroatoms. The first-order valence-electron chi connectivity index (χ1n) is 3.50. The standard InChI is InChI=1S/C7H2F2IN3O2/c8-7(9)6-5(10)3(2-11)1-4(12-6)13(14)15/h1,7H. The highest BCUT2D eigenvalue weighted by molar-refractivity contribution is 14.1. The van der Waals surface area contributed by atoms with Crippen LogP contribution in [-0.4, -0.2) is 9.91 Å². The van der Waals surface area contributed by atoms with E-state index in [4.69, 9.17) is 5.26 Å². The fourth-order valence-electron chi connectivity index (χ4n) is 0.855. The molecule has 0 atom stereocenters. The number of aromatic nitrogens is 1. The summed E-state index contributed by atoms with van der Waals surface area (Å²) in [6, 6.07) is 2.47. The van der Waals surface area contributed by atoms with Crippen LogP contribution < -0.4 is 0 Å². The van der Waals surface area contributed by atoms with Crippen molar-refractivity contribution >= 4 is 28.4 Å². The van der Waals surface area contributed by atoms with E-state index in [-0.39, 0.29) is 9.13 Å². The summed E-state index contributed by atoms with van der Waals surface area (Å²) in [4.78, 5) is 12.6. The summed E-state index contributed by atoms with van der Waals surface area (Å²) in [6.07, 6.45) is -2.94. The minimum absolute atomic E-state index is 0.0595. The summed E-state index contributed by atoms with van der Waals surface area (Å²) < 4.78 is 24.7. The number of pyridine rings is 1. The first kappa shape index (κ1) is 11.7. The van der Waals surface area contributed by atoms with E-state index >= 15 is 0 Å². The van der Waals surface area contributed by atoms with Crippen LogP contribution in [0.25, 0.3) is 0 Å². The van der Waals surface area contributed by atoms with E-state index in [0.29, 0.717) is 0 Å². The average Bonchev–Trinajstić information content (AvgIpc) is 2.17. The predicted octanol–water partition coefficient (Wildman–Crippen LogP) is 2.40. The molecule has 0 saturated heterocycles. The molecule has 0 saturated carbocycles. The van der Waals surface area contributed by atoms with Gasteiger partial charge < -0.3 is 10.1 Å². The van der Waals surface area contributed by atoms with Gasteiger partial charge in [-0.25, -0.2) is 8.78 Å². The Morgan fingerprint density at radius 1 is 1.67 bits per heavy atom. The molecule has 0 radical (unpaired) electrons. The maximum absolute atomic E-state index is 12.4. The van der Waals surface area contributed by atoms with Gasteiger partial charge in [0.1, 0.15) is 6.07 Å². The van der Waals surface area contributed by atoms with Gasteiger partial charge in [-0.05, 0) is 32.5 Å². The molecule has 0 bridgehead atoms. The lowest BCUT2D eigenvalue weighted by Crippen LogP contribution is -2.02. The molecule has 78 valence electrons. The third kappa shape index (κ3) is 2.35. The first-order valence-corrected chi connectivity index (χ1v) is 4.58. The number of hydrogen-bond donors (Lipinski definition) is 0. The van der Waals surface area contributed by atoms with Gasteiger partial charge in [0.15, 0.2) is 0 Å². The van der Waals surface area contributed by atoms with Crippen molar-refractivity contribution in [2.75, 3.05) is 0 Å². The van der Waals surface area contributed by atoms with E-state index < -0.39 is 22.9 Å². The molecule has 1 rings (SSSR count). The Labute approximate surface area is 96.0 Å². The maximum Gasteiger partial charge on any atom is 0.365 e. The molecule has 0 aromatic carbocycles. The molecule has 1 aromatic heterocycles.